The Morgan fingerprint density at radius 1 is 1.23 bits per heavy atom. The van der Waals surface area contributed by atoms with Gasteiger partial charge in [-0.25, -0.2) is 13.6 Å². The molecule has 0 aromatic carbocycles. The van der Waals surface area contributed by atoms with Gasteiger partial charge in [0.05, 0.1) is 12.3 Å². The topological polar surface area (TPSA) is 163 Å². The van der Waals surface area contributed by atoms with Gasteiger partial charge in [0.1, 0.15) is 0 Å². The quantitative estimate of drug-likeness (QED) is 0.284. The summed E-state index contributed by atoms with van der Waals surface area (Å²) in [5.74, 6) is -0.714. The van der Waals surface area contributed by atoms with Crippen molar-refractivity contribution in [3.63, 3.8) is 0 Å². The first kappa shape index (κ1) is 11.6. The number of hydrogen-bond donors (Lipinski definition) is 4. The lowest BCUT2D eigenvalue weighted by Crippen LogP contribution is -2.27. The molecule has 0 atom stereocenters. The number of sulfonamides is 1. The second kappa shape index (κ2) is 4.62. The van der Waals surface area contributed by atoms with Crippen LogP contribution < -0.4 is 22.3 Å². The van der Waals surface area contributed by atoms with Crippen LogP contribution in [0.2, 0.25) is 0 Å². The van der Waals surface area contributed by atoms with Crippen LogP contribution in [0.1, 0.15) is 0 Å². The fraction of sp³-hybridized carbons (Fsp3) is 0.500. The zero-order valence-corrected chi connectivity index (χ0v) is 7.66. The molecule has 0 heterocycles. The van der Waals surface area contributed by atoms with Crippen LogP contribution in [-0.2, 0) is 10.0 Å². The van der Waals surface area contributed by atoms with Crippen molar-refractivity contribution in [2.75, 3.05) is 12.3 Å². The summed E-state index contributed by atoms with van der Waals surface area (Å²) >= 11 is 0. The highest BCUT2D eigenvalue weighted by molar-refractivity contribution is 7.89. The molecular weight excluding hydrogens is 196 g/mol. The van der Waals surface area contributed by atoms with Crippen molar-refractivity contribution in [2.45, 2.75) is 0 Å². The van der Waals surface area contributed by atoms with Crippen LogP contribution in [0.4, 0.5) is 0 Å². The molecule has 0 amide bonds. The van der Waals surface area contributed by atoms with Gasteiger partial charge in [-0.15, -0.1) is 0 Å². The Kier molecular flexibility index (Phi) is 4.14. The van der Waals surface area contributed by atoms with Crippen LogP contribution >= 0.6 is 0 Å². The zero-order chi connectivity index (χ0) is 10.5. The molecule has 0 aliphatic heterocycles. The first-order valence-electron chi connectivity index (χ1n) is 3.21. The molecule has 8 nitrogen and oxygen atoms in total. The minimum Gasteiger partial charge on any atom is -0.370 e. The molecule has 0 aromatic heterocycles. The number of guanidine groups is 2. The van der Waals surface area contributed by atoms with Gasteiger partial charge in [-0.05, 0) is 0 Å². The Labute approximate surface area is 75.7 Å². The predicted octanol–water partition coefficient (Wildman–Crippen LogP) is -3.14. The summed E-state index contributed by atoms with van der Waals surface area (Å²) in [7, 11) is -3.52. The molecular formula is C4H12N6O2S. The summed E-state index contributed by atoms with van der Waals surface area (Å²) in [6.07, 6.45) is 0. The van der Waals surface area contributed by atoms with Crippen LogP contribution in [0.3, 0.4) is 0 Å². The highest BCUT2D eigenvalue weighted by atomic mass is 32.2. The van der Waals surface area contributed by atoms with Crippen molar-refractivity contribution in [3.8, 4) is 0 Å². The number of hydrogen-bond acceptors (Lipinski definition) is 3. The maximum Gasteiger partial charge on any atom is 0.218 e. The summed E-state index contributed by atoms with van der Waals surface area (Å²) in [4.78, 5) is 6.90. The zero-order valence-electron chi connectivity index (χ0n) is 6.84. The Balaban J connectivity index is 4.07. The summed E-state index contributed by atoms with van der Waals surface area (Å²) in [6.45, 7) is -0.0680. The van der Waals surface area contributed by atoms with E-state index in [-0.39, 0.29) is 24.2 Å². The molecule has 0 spiro atoms. The van der Waals surface area contributed by atoms with Crippen LogP contribution in [-0.4, -0.2) is 32.6 Å². The third kappa shape index (κ3) is 8.56. The lowest BCUT2D eigenvalue weighted by Gasteiger charge is -1.94. The minimum absolute atomic E-state index is 0.0680. The van der Waals surface area contributed by atoms with E-state index in [9.17, 15) is 8.42 Å². The number of nitrogens with two attached hydrogens (primary N) is 4. The monoisotopic (exact) mass is 208 g/mol. The third-order valence-corrected chi connectivity index (χ3v) is 1.64. The molecule has 9 heteroatoms. The molecule has 0 aliphatic carbocycles. The van der Waals surface area contributed by atoms with Crippen LogP contribution in [0.25, 0.3) is 0 Å². The van der Waals surface area contributed by atoms with Crippen LogP contribution in [0, 0.1) is 0 Å². The van der Waals surface area contributed by atoms with Crippen molar-refractivity contribution < 1.29 is 8.42 Å². The second-order valence-corrected chi connectivity index (χ2v) is 3.88. The molecule has 0 bridgehead atoms. The van der Waals surface area contributed by atoms with Gasteiger partial charge < -0.3 is 17.2 Å². The maximum atomic E-state index is 10.4. The first-order chi connectivity index (χ1) is 5.81. The summed E-state index contributed by atoms with van der Waals surface area (Å²) in [5.41, 5.74) is 15.1. The molecule has 0 aliphatic rings. The number of primary sulfonamides is 1. The summed E-state index contributed by atoms with van der Waals surface area (Å²) in [6, 6.07) is 0. The second-order valence-electron chi connectivity index (χ2n) is 2.14. The van der Waals surface area contributed by atoms with Crippen LogP contribution in [0.15, 0.2) is 9.98 Å². The largest absolute Gasteiger partial charge is 0.370 e. The lowest BCUT2D eigenvalue weighted by molar-refractivity contribution is 0.597. The lowest BCUT2D eigenvalue weighted by atomic mass is 10.8. The molecule has 0 fully saturated rings. The molecule has 76 valence electrons. The van der Waals surface area contributed by atoms with Crippen LogP contribution in [0.5, 0.6) is 0 Å². The van der Waals surface area contributed by atoms with Crippen molar-refractivity contribution in [3.05, 3.63) is 0 Å². The number of aliphatic imine (C=N–C) groups is 2. The molecule has 0 rings (SSSR count). The molecule has 0 saturated carbocycles. The third-order valence-electron chi connectivity index (χ3n) is 0.893. The van der Waals surface area contributed by atoms with Gasteiger partial charge in [-0.2, -0.15) is 4.99 Å². The Morgan fingerprint density at radius 3 is 2.15 bits per heavy atom. The fourth-order valence-corrected chi connectivity index (χ4v) is 0.801. The average molecular weight is 208 g/mol. The van der Waals surface area contributed by atoms with E-state index in [2.05, 4.69) is 9.98 Å². The van der Waals surface area contributed by atoms with Gasteiger partial charge in [-0.3, -0.25) is 4.99 Å². The van der Waals surface area contributed by atoms with E-state index in [0.717, 1.165) is 0 Å². The Morgan fingerprint density at radius 2 is 1.77 bits per heavy atom. The smallest absolute Gasteiger partial charge is 0.218 e. The minimum atomic E-state index is -3.52. The van der Waals surface area contributed by atoms with E-state index >= 15 is 0 Å². The molecule has 0 unspecified atom stereocenters. The first-order valence-corrected chi connectivity index (χ1v) is 4.93. The average Bonchev–Trinajstić information content (AvgIpc) is 1.81. The van der Waals surface area contributed by atoms with E-state index in [4.69, 9.17) is 22.3 Å². The Hall–Kier alpha value is -1.35. The summed E-state index contributed by atoms with van der Waals surface area (Å²) < 4.78 is 20.8. The maximum absolute atomic E-state index is 10.4. The molecule has 0 saturated heterocycles. The van der Waals surface area contributed by atoms with E-state index in [1.165, 1.54) is 0 Å². The van der Waals surface area contributed by atoms with Crippen molar-refractivity contribution in [1.29, 1.82) is 0 Å². The normalized spacial score (nSPS) is 12.5. The van der Waals surface area contributed by atoms with Gasteiger partial charge in [0.25, 0.3) is 0 Å². The molecule has 0 aromatic rings. The predicted molar refractivity (Wildman–Crippen MR) is 50.3 cm³/mol. The van der Waals surface area contributed by atoms with Gasteiger partial charge in [0, 0.05) is 0 Å². The highest BCUT2D eigenvalue weighted by Gasteiger charge is 2.00. The molecule has 13 heavy (non-hydrogen) atoms. The van der Waals surface area contributed by atoms with E-state index in [0.29, 0.717) is 0 Å². The standard InChI is InChI=1S/C4H12N6O2S/c5-3(6)10-4(7)9-1-2-13(8,11)12/h1-2H2,(H2,8,11,12)(H6,5,6,7,9,10). The molecule has 0 radical (unpaired) electrons. The van der Waals surface area contributed by atoms with Crippen molar-refractivity contribution >= 4 is 21.9 Å². The summed E-state index contributed by atoms with van der Waals surface area (Å²) in [5, 5.41) is 4.70. The SMILES string of the molecule is NC(N)=NC(N)=NCCS(N)(=O)=O. The van der Waals surface area contributed by atoms with Crippen molar-refractivity contribution in [1.82, 2.24) is 0 Å². The number of nitrogens with zero attached hydrogens (tertiary/aromatic N) is 2. The molecule has 8 N–H and O–H groups in total. The van der Waals surface area contributed by atoms with E-state index < -0.39 is 10.0 Å². The number of rotatable bonds is 3. The van der Waals surface area contributed by atoms with E-state index in [1.807, 2.05) is 0 Å². The van der Waals surface area contributed by atoms with E-state index in [1.54, 1.807) is 0 Å². The van der Waals surface area contributed by atoms with Gasteiger partial charge >= 0.3 is 0 Å². The van der Waals surface area contributed by atoms with Gasteiger partial charge in [0.15, 0.2) is 5.96 Å². The van der Waals surface area contributed by atoms with Gasteiger partial charge in [-0.1, -0.05) is 0 Å². The highest BCUT2D eigenvalue weighted by Crippen LogP contribution is 1.80. The van der Waals surface area contributed by atoms with Gasteiger partial charge in [0.2, 0.25) is 16.0 Å². The van der Waals surface area contributed by atoms with Crippen molar-refractivity contribution in [2.24, 2.45) is 32.3 Å². The fourth-order valence-electron chi connectivity index (χ4n) is 0.455. The Bertz CT molecular complexity index is 314.